The quantitative estimate of drug-likeness (QED) is 0.733. The van der Waals surface area contributed by atoms with Crippen LogP contribution in [0.5, 0.6) is 0 Å². The fourth-order valence-electron chi connectivity index (χ4n) is 2.16. The maximum absolute atomic E-state index is 13.6. The van der Waals surface area contributed by atoms with Gasteiger partial charge in [0.05, 0.1) is 5.92 Å². The zero-order valence-electron chi connectivity index (χ0n) is 8.63. The van der Waals surface area contributed by atoms with E-state index in [1.807, 2.05) is 0 Å². The number of hydrogen-bond donors (Lipinski definition) is 0. The molecule has 0 saturated heterocycles. The first-order valence-electron chi connectivity index (χ1n) is 4.86. The van der Waals surface area contributed by atoms with Gasteiger partial charge in [-0.3, -0.25) is 4.79 Å². The molecule has 2 rings (SSSR count). The lowest BCUT2D eigenvalue weighted by Gasteiger charge is -2.03. The van der Waals surface area contributed by atoms with Crippen LogP contribution >= 0.6 is 0 Å². The summed E-state index contributed by atoms with van der Waals surface area (Å²) in [6.07, 6.45) is 0. The number of carbonyl (C=O) groups is 1. The summed E-state index contributed by atoms with van der Waals surface area (Å²) < 4.78 is 27.1. The molecule has 0 bridgehead atoms. The smallest absolute Gasteiger partial charge is 0.268 e. The van der Waals surface area contributed by atoms with Crippen molar-refractivity contribution in [3.63, 3.8) is 0 Å². The minimum absolute atomic E-state index is 0.443. The molecule has 1 nitrogen and oxygen atoms in total. The second-order valence-corrected chi connectivity index (χ2v) is 4.23. The second kappa shape index (κ2) is 2.87. The van der Waals surface area contributed by atoms with Crippen molar-refractivity contribution < 1.29 is 13.6 Å². The molecule has 2 atom stereocenters. The zero-order chi connectivity index (χ0) is 11.3. The molecule has 1 saturated carbocycles. The van der Waals surface area contributed by atoms with E-state index in [0.29, 0.717) is 5.56 Å². The Morgan fingerprint density at radius 2 is 1.80 bits per heavy atom. The Hall–Kier alpha value is -1.25. The zero-order valence-corrected chi connectivity index (χ0v) is 8.63. The summed E-state index contributed by atoms with van der Waals surface area (Å²) in [4.78, 5) is 11.2. The Bertz CT molecular complexity index is 399. The number of hydrogen-bond acceptors (Lipinski definition) is 1. The maximum atomic E-state index is 13.6. The summed E-state index contributed by atoms with van der Waals surface area (Å²) in [5, 5.41) is 0. The topological polar surface area (TPSA) is 17.1 Å². The number of carbonyl (C=O) groups excluding carboxylic acids is 1. The fourth-order valence-corrected chi connectivity index (χ4v) is 2.16. The molecule has 0 heterocycles. The summed E-state index contributed by atoms with van der Waals surface area (Å²) in [5.74, 6) is -4.30. The lowest BCUT2D eigenvalue weighted by Crippen LogP contribution is -2.15. The van der Waals surface area contributed by atoms with Crippen molar-refractivity contribution >= 4 is 5.78 Å². The number of alkyl halides is 2. The first-order valence-corrected chi connectivity index (χ1v) is 4.86. The van der Waals surface area contributed by atoms with Crippen LogP contribution in [0.1, 0.15) is 25.3 Å². The van der Waals surface area contributed by atoms with Crippen LogP contribution in [0.3, 0.4) is 0 Å². The van der Waals surface area contributed by atoms with Gasteiger partial charge in [-0.25, -0.2) is 8.78 Å². The van der Waals surface area contributed by atoms with E-state index in [4.69, 9.17) is 0 Å². The summed E-state index contributed by atoms with van der Waals surface area (Å²) in [6.45, 7) is 2.57. The third kappa shape index (κ3) is 1.15. The number of ketones is 1. The molecule has 3 heteroatoms. The van der Waals surface area contributed by atoms with Crippen molar-refractivity contribution in [3.8, 4) is 0 Å². The average Bonchev–Trinajstić information content (AvgIpc) is 2.64. The van der Waals surface area contributed by atoms with Gasteiger partial charge in [-0.05, 0) is 19.4 Å². The van der Waals surface area contributed by atoms with Gasteiger partial charge in [-0.15, -0.1) is 0 Å². The van der Waals surface area contributed by atoms with Crippen LogP contribution in [0.2, 0.25) is 0 Å². The van der Waals surface area contributed by atoms with Gasteiger partial charge in [0.2, 0.25) is 0 Å². The first kappa shape index (κ1) is 10.3. The number of halogens is 2. The molecule has 1 aromatic carbocycles. The van der Waals surface area contributed by atoms with Crippen molar-refractivity contribution in [2.24, 2.45) is 5.41 Å². The predicted molar refractivity (Wildman–Crippen MR) is 52.9 cm³/mol. The molecule has 1 aliphatic rings. The molecule has 0 unspecified atom stereocenters. The highest BCUT2D eigenvalue weighted by atomic mass is 19.3. The van der Waals surface area contributed by atoms with Gasteiger partial charge in [-0.1, -0.05) is 30.3 Å². The highest BCUT2D eigenvalue weighted by molar-refractivity contribution is 5.89. The van der Waals surface area contributed by atoms with Crippen molar-refractivity contribution in [1.29, 1.82) is 0 Å². The van der Waals surface area contributed by atoms with Crippen LogP contribution in [0.4, 0.5) is 8.78 Å². The largest absolute Gasteiger partial charge is 0.299 e. The molecule has 0 aromatic heterocycles. The SMILES string of the molecule is CC(=O)[C@@]1(C)[C@@H](c2ccccc2)C1(F)F. The van der Waals surface area contributed by atoms with Crippen molar-refractivity contribution in [2.75, 3.05) is 0 Å². The van der Waals surface area contributed by atoms with Crippen LogP contribution in [0.25, 0.3) is 0 Å². The van der Waals surface area contributed by atoms with E-state index >= 15 is 0 Å². The molecule has 1 aliphatic carbocycles. The molecule has 80 valence electrons. The standard InChI is InChI=1S/C12H12F2O/c1-8(15)11(2)10(12(11,13)14)9-6-4-3-5-7-9/h3-7,10H,1-2H3/t10-,11+/m1/s1. The Labute approximate surface area is 87.1 Å². The number of benzene rings is 1. The van der Waals surface area contributed by atoms with Crippen LogP contribution < -0.4 is 0 Å². The van der Waals surface area contributed by atoms with E-state index in [-0.39, 0.29) is 0 Å². The summed E-state index contributed by atoms with van der Waals surface area (Å²) >= 11 is 0. The summed E-state index contributed by atoms with van der Waals surface area (Å²) in [5.41, 5.74) is -0.964. The van der Waals surface area contributed by atoms with Gasteiger partial charge in [0.25, 0.3) is 5.92 Å². The summed E-state index contributed by atoms with van der Waals surface area (Å²) in [7, 11) is 0. The summed E-state index contributed by atoms with van der Waals surface area (Å²) in [6, 6.07) is 8.49. The minimum Gasteiger partial charge on any atom is -0.299 e. The molecule has 0 N–H and O–H groups in total. The highest BCUT2D eigenvalue weighted by Crippen LogP contribution is 2.71. The molecular weight excluding hydrogens is 198 g/mol. The Morgan fingerprint density at radius 3 is 2.20 bits per heavy atom. The molecule has 0 spiro atoms. The molecule has 0 radical (unpaired) electrons. The van der Waals surface area contributed by atoms with Crippen molar-refractivity contribution in [1.82, 2.24) is 0 Å². The van der Waals surface area contributed by atoms with Gasteiger partial charge in [0, 0.05) is 0 Å². The Kier molecular flexibility index (Phi) is 1.97. The van der Waals surface area contributed by atoms with Crippen LogP contribution in [0.15, 0.2) is 30.3 Å². The third-order valence-electron chi connectivity index (χ3n) is 3.41. The van der Waals surface area contributed by atoms with E-state index in [0.717, 1.165) is 0 Å². The van der Waals surface area contributed by atoms with E-state index in [1.165, 1.54) is 13.8 Å². The van der Waals surface area contributed by atoms with Crippen LogP contribution in [-0.4, -0.2) is 11.7 Å². The monoisotopic (exact) mass is 210 g/mol. The first-order chi connectivity index (χ1) is 6.92. The van der Waals surface area contributed by atoms with Gasteiger partial charge in [0.1, 0.15) is 11.2 Å². The van der Waals surface area contributed by atoms with Crippen molar-refractivity contribution in [2.45, 2.75) is 25.7 Å². The van der Waals surface area contributed by atoms with E-state index in [1.54, 1.807) is 30.3 Å². The normalized spacial score (nSPS) is 32.4. The van der Waals surface area contributed by atoms with E-state index < -0.39 is 23.0 Å². The number of Topliss-reactive ketones (excluding diaryl/α,β-unsaturated/α-hetero) is 1. The lowest BCUT2D eigenvalue weighted by molar-refractivity contribution is -0.124. The van der Waals surface area contributed by atoms with Gasteiger partial charge < -0.3 is 0 Å². The Balaban J connectivity index is 2.39. The van der Waals surface area contributed by atoms with E-state index in [2.05, 4.69) is 0 Å². The highest BCUT2D eigenvalue weighted by Gasteiger charge is 2.80. The average molecular weight is 210 g/mol. The molecule has 0 aliphatic heterocycles. The molecule has 1 aromatic rings. The Morgan fingerprint density at radius 1 is 1.27 bits per heavy atom. The fraction of sp³-hybridized carbons (Fsp3) is 0.417. The predicted octanol–water partition coefficient (Wildman–Crippen LogP) is 3.01. The van der Waals surface area contributed by atoms with Gasteiger partial charge in [-0.2, -0.15) is 0 Å². The van der Waals surface area contributed by atoms with Gasteiger partial charge >= 0.3 is 0 Å². The molecule has 15 heavy (non-hydrogen) atoms. The third-order valence-corrected chi connectivity index (χ3v) is 3.41. The van der Waals surface area contributed by atoms with Crippen LogP contribution in [0, 0.1) is 5.41 Å². The minimum atomic E-state index is -2.90. The van der Waals surface area contributed by atoms with E-state index in [9.17, 15) is 13.6 Å². The molecule has 0 amide bonds. The second-order valence-electron chi connectivity index (χ2n) is 4.23. The lowest BCUT2D eigenvalue weighted by atomic mass is 9.97. The molecular formula is C12H12F2O. The van der Waals surface area contributed by atoms with Crippen LogP contribution in [-0.2, 0) is 4.79 Å². The molecule has 1 fully saturated rings. The van der Waals surface area contributed by atoms with Crippen molar-refractivity contribution in [3.05, 3.63) is 35.9 Å². The maximum Gasteiger partial charge on any atom is 0.268 e. The van der Waals surface area contributed by atoms with Gasteiger partial charge in [0.15, 0.2) is 0 Å². The number of rotatable bonds is 2.